The Balaban J connectivity index is 1.71. The number of hydrogen-bond acceptors (Lipinski definition) is 4. The van der Waals surface area contributed by atoms with Gasteiger partial charge in [0.05, 0.1) is 5.56 Å². The topological polar surface area (TPSA) is 125 Å². The summed E-state index contributed by atoms with van der Waals surface area (Å²) in [5.41, 5.74) is -0.139. The van der Waals surface area contributed by atoms with E-state index in [1.165, 1.54) is 4.57 Å². The molecule has 1 aliphatic heterocycles. The molecular weight excluding hydrogens is 321 g/mol. The first kappa shape index (κ1) is 17.8. The van der Waals surface area contributed by atoms with E-state index in [4.69, 9.17) is 9.79 Å². The van der Waals surface area contributed by atoms with E-state index in [1.54, 1.807) is 6.21 Å². The predicted octanol–water partition coefficient (Wildman–Crippen LogP) is 1.31. The second-order valence-corrected chi connectivity index (χ2v) is 7.52. The SMILES string of the molecule is O=c1[nH]c2c(c(=O)n1CCCCCCCCP(=O)(O)O)CC=N2. The Morgan fingerprint density at radius 1 is 1.13 bits per heavy atom. The number of nitrogens with zero attached hydrogens (tertiary/aromatic N) is 2. The normalized spacial score (nSPS) is 13.5. The standard InChI is InChI=1S/C14H22N3O5P/c18-13-11-7-8-15-12(11)16-14(19)17(13)9-5-3-1-2-4-6-10-23(20,21)22/h8H,1-7,9-10H2,(H,16,19)(H2,20,21,22). The molecular formula is C14H22N3O5P. The summed E-state index contributed by atoms with van der Waals surface area (Å²) in [4.78, 5) is 48.1. The van der Waals surface area contributed by atoms with Crippen LogP contribution in [-0.2, 0) is 17.5 Å². The molecule has 0 amide bonds. The lowest BCUT2D eigenvalue weighted by Crippen LogP contribution is -2.36. The Bertz CT molecular complexity index is 731. The van der Waals surface area contributed by atoms with Gasteiger partial charge in [0, 0.05) is 25.3 Å². The van der Waals surface area contributed by atoms with Gasteiger partial charge >= 0.3 is 13.3 Å². The molecule has 0 saturated carbocycles. The largest absolute Gasteiger partial charge is 0.329 e. The quantitative estimate of drug-likeness (QED) is 0.460. The minimum atomic E-state index is -3.87. The van der Waals surface area contributed by atoms with E-state index in [0.717, 1.165) is 32.1 Å². The molecule has 9 heteroatoms. The monoisotopic (exact) mass is 343 g/mol. The Morgan fingerprint density at radius 2 is 1.78 bits per heavy atom. The highest BCUT2D eigenvalue weighted by molar-refractivity contribution is 7.51. The number of rotatable bonds is 9. The molecule has 3 N–H and O–H groups in total. The van der Waals surface area contributed by atoms with Crippen LogP contribution in [0.25, 0.3) is 0 Å². The van der Waals surface area contributed by atoms with Crippen molar-refractivity contribution < 1.29 is 14.4 Å². The van der Waals surface area contributed by atoms with Crippen molar-refractivity contribution in [2.24, 2.45) is 4.99 Å². The molecule has 23 heavy (non-hydrogen) atoms. The van der Waals surface area contributed by atoms with E-state index in [9.17, 15) is 14.2 Å². The number of fused-ring (bicyclic) bond motifs is 1. The summed E-state index contributed by atoms with van der Waals surface area (Å²) in [6.45, 7) is 0.379. The van der Waals surface area contributed by atoms with Gasteiger partial charge in [0.15, 0.2) is 0 Å². The molecule has 0 unspecified atom stereocenters. The summed E-state index contributed by atoms with van der Waals surface area (Å²) in [5.74, 6) is 0.376. The van der Waals surface area contributed by atoms with Crippen LogP contribution in [0.5, 0.6) is 0 Å². The molecule has 1 aromatic heterocycles. The van der Waals surface area contributed by atoms with Crippen molar-refractivity contribution in [1.29, 1.82) is 0 Å². The lowest BCUT2D eigenvalue weighted by molar-refractivity contribution is 0.370. The maximum Gasteiger partial charge on any atom is 0.329 e. The van der Waals surface area contributed by atoms with Crippen LogP contribution in [0.3, 0.4) is 0 Å². The molecule has 1 aromatic rings. The maximum atomic E-state index is 12.2. The molecule has 0 atom stereocenters. The average Bonchev–Trinajstić information content (AvgIpc) is 2.91. The van der Waals surface area contributed by atoms with Gasteiger partial charge in [0.1, 0.15) is 5.82 Å². The van der Waals surface area contributed by atoms with Gasteiger partial charge in [-0.25, -0.2) is 9.79 Å². The van der Waals surface area contributed by atoms with Gasteiger partial charge in [-0.05, 0) is 12.8 Å². The zero-order chi connectivity index (χ0) is 16.9. The summed E-state index contributed by atoms with van der Waals surface area (Å²) >= 11 is 0. The summed E-state index contributed by atoms with van der Waals surface area (Å²) in [6.07, 6.45) is 6.72. The zero-order valence-electron chi connectivity index (χ0n) is 12.9. The van der Waals surface area contributed by atoms with Crippen LogP contribution in [-0.4, -0.2) is 31.7 Å². The fraction of sp³-hybridized carbons (Fsp3) is 0.643. The summed E-state index contributed by atoms with van der Waals surface area (Å²) in [7, 11) is -3.87. The molecule has 0 saturated heterocycles. The van der Waals surface area contributed by atoms with E-state index in [2.05, 4.69) is 9.98 Å². The van der Waals surface area contributed by atoms with Crippen LogP contribution in [0.4, 0.5) is 5.82 Å². The third-order valence-corrected chi connectivity index (χ3v) is 4.76. The first-order valence-electron chi connectivity index (χ1n) is 7.81. The van der Waals surface area contributed by atoms with E-state index in [1.807, 2.05) is 0 Å². The zero-order valence-corrected chi connectivity index (χ0v) is 13.8. The van der Waals surface area contributed by atoms with Gasteiger partial charge in [-0.1, -0.05) is 25.7 Å². The smallest absolute Gasteiger partial charge is 0.324 e. The second kappa shape index (κ2) is 7.86. The van der Waals surface area contributed by atoms with Gasteiger partial charge in [0.25, 0.3) is 5.56 Å². The Labute approximate surface area is 133 Å². The number of unbranched alkanes of at least 4 members (excludes halogenated alkanes) is 5. The molecule has 0 aromatic carbocycles. The maximum absolute atomic E-state index is 12.2. The van der Waals surface area contributed by atoms with Crippen molar-refractivity contribution in [3.63, 3.8) is 0 Å². The Kier molecular flexibility index (Phi) is 6.10. The predicted molar refractivity (Wildman–Crippen MR) is 87.8 cm³/mol. The summed E-state index contributed by atoms with van der Waals surface area (Å²) in [5, 5.41) is 0. The van der Waals surface area contributed by atoms with E-state index in [0.29, 0.717) is 30.8 Å². The molecule has 128 valence electrons. The molecule has 0 bridgehead atoms. The summed E-state index contributed by atoms with van der Waals surface area (Å²) in [6, 6.07) is 0. The van der Waals surface area contributed by atoms with E-state index in [-0.39, 0.29) is 11.7 Å². The lowest BCUT2D eigenvalue weighted by atomic mass is 10.1. The second-order valence-electron chi connectivity index (χ2n) is 5.74. The first-order chi connectivity index (χ1) is 10.9. The number of H-pyrrole nitrogens is 1. The summed E-state index contributed by atoms with van der Waals surface area (Å²) < 4.78 is 11.9. The first-order valence-corrected chi connectivity index (χ1v) is 9.61. The van der Waals surface area contributed by atoms with Crippen molar-refractivity contribution in [3.05, 3.63) is 26.4 Å². The Hall–Kier alpha value is -1.50. The fourth-order valence-electron chi connectivity index (χ4n) is 2.62. The molecule has 2 rings (SSSR count). The molecule has 0 aliphatic carbocycles. The molecule has 8 nitrogen and oxygen atoms in total. The van der Waals surface area contributed by atoms with Crippen molar-refractivity contribution in [2.45, 2.75) is 51.5 Å². The number of nitrogens with one attached hydrogen (secondary N) is 1. The molecule has 0 radical (unpaired) electrons. The third-order valence-electron chi connectivity index (χ3n) is 3.86. The number of aromatic nitrogens is 2. The highest BCUT2D eigenvalue weighted by atomic mass is 31.2. The van der Waals surface area contributed by atoms with Crippen molar-refractivity contribution in [2.75, 3.05) is 6.16 Å². The average molecular weight is 343 g/mol. The number of hydrogen-bond donors (Lipinski definition) is 3. The molecule has 0 fully saturated rings. The Morgan fingerprint density at radius 3 is 2.48 bits per heavy atom. The van der Waals surface area contributed by atoms with Gasteiger partial charge in [-0.15, -0.1) is 0 Å². The van der Waals surface area contributed by atoms with Gasteiger partial charge in [-0.2, -0.15) is 0 Å². The number of aromatic amines is 1. The van der Waals surface area contributed by atoms with E-state index >= 15 is 0 Å². The van der Waals surface area contributed by atoms with Crippen LogP contribution >= 0.6 is 7.60 Å². The molecule has 2 heterocycles. The highest BCUT2D eigenvalue weighted by Gasteiger charge is 2.15. The minimum Gasteiger partial charge on any atom is -0.324 e. The lowest BCUT2D eigenvalue weighted by Gasteiger charge is -2.07. The number of aliphatic imine (C=N–C) groups is 1. The minimum absolute atomic E-state index is 0.0605. The van der Waals surface area contributed by atoms with Crippen LogP contribution in [0.1, 0.15) is 44.1 Å². The van der Waals surface area contributed by atoms with Gasteiger partial charge < -0.3 is 9.79 Å². The molecule has 0 spiro atoms. The van der Waals surface area contributed by atoms with Crippen molar-refractivity contribution in [3.8, 4) is 0 Å². The van der Waals surface area contributed by atoms with Crippen LogP contribution < -0.4 is 11.2 Å². The third kappa shape index (κ3) is 5.27. The van der Waals surface area contributed by atoms with E-state index < -0.39 is 13.3 Å². The fourth-order valence-corrected chi connectivity index (χ4v) is 3.26. The van der Waals surface area contributed by atoms with Gasteiger partial charge in [-0.3, -0.25) is 18.9 Å². The highest BCUT2D eigenvalue weighted by Crippen LogP contribution is 2.35. The van der Waals surface area contributed by atoms with Crippen LogP contribution in [0, 0.1) is 0 Å². The molecule has 1 aliphatic rings. The van der Waals surface area contributed by atoms with Crippen molar-refractivity contribution in [1.82, 2.24) is 9.55 Å². The van der Waals surface area contributed by atoms with Gasteiger partial charge in [0.2, 0.25) is 0 Å². The van der Waals surface area contributed by atoms with Crippen molar-refractivity contribution >= 4 is 19.6 Å². The van der Waals surface area contributed by atoms with Crippen LogP contribution in [0.15, 0.2) is 14.6 Å². The van der Waals surface area contributed by atoms with Crippen LogP contribution in [0.2, 0.25) is 0 Å².